The SMILES string of the molecule is CCC1CNCCN1C1CCC(C)(C)C1. The molecule has 2 nitrogen and oxygen atoms in total. The smallest absolute Gasteiger partial charge is 0.0221 e. The Morgan fingerprint density at radius 1 is 1.40 bits per heavy atom. The van der Waals surface area contributed by atoms with Crippen molar-refractivity contribution in [3.8, 4) is 0 Å². The highest BCUT2D eigenvalue weighted by Gasteiger charge is 2.37. The highest BCUT2D eigenvalue weighted by molar-refractivity contribution is 4.92. The van der Waals surface area contributed by atoms with E-state index in [9.17, 15) is 0 Å². The Bertz CT molecular complexity index is 213. The summed E-state index contributed by atoms with van der Waals surface area (Å²) in [5, 5.41) is 3.52. The van der Waals surface area contributed by atoms with Gasteiger partial charge in [0.25, 0.3) is 0 Å². The molecule has 1 N–H and O–H groups in total. The van der Waals surface area contributed by atoms with Crippen LogP contribution in [0.1, 0.15) is 46.5 Å². The van der Waals surface area contributed by atoms with Gasteiger partial charge >= 0.3 is 0 Å². The standard InChI is InChI=1S/C13H26N2/c1-4-11-10-14-7-8-15(11)12-5-6-13(2,3)9-12/h11-12,14H,4-10H2,1-3H3. The minimum Gasteiger partial charge on any atom is -0.314 e. The summed E-state index contributed by atoms with van der Waals surface area (Å²) in [5.41, 5.74) is 0.591. The molecule has 1 aliphatic carbocycles. The van der Waals surface area contributed by atoms with Crippen molar-refractivity contribution in [1.82, 2.24) is 10.2 Å². The van der Waals surface area contributed by atoms with Gasteiger partial charge in [0.15, 0.2) is 0 Å². The van der Waals surface area contributed by atoms with Gasteiger partial charge in [0.2, 0.25) is 0 Å². The summed E-state index contributed by atoms with van der Waals surface area (Å²) < 4.78 is 0. The Hall–Kier alpha value is -0.0800. The quantitative estimate of drug-likeness (QED) is 0.752. The Labute approximate surface area is 94.4 Å². The van der Waals surface area contributed by atoms with Gasteiger partial charge in [0.1, 0.15) is 0 Å². The van der Waals surface area contributed by atoms with Gasteiger partial charge in [-0.15, -0.1) is 0 Å². The molecule has 1 saturated heterocycles. The maximum atomic E-state index is 3.52. The molecular weight excluding hydrogens is 184 g/mol. The molecule has 1 heterocycles. The van der Waals surface area contributed by atoms with E-state index < -0.39 is 0 Å². The summed E-state index contributed by atoms with van der Waals surface area (Å²) in [6.07, 6.45) is 5.54. The van der Waals surface area contributed by atoms with Crippen LogP contribution in [0.4, 0.5) is 0 Å². The van der Waals surface area contributed by atoms with Gasteiger partial charge in [-0.3, -0.25) is 4.90 Å². The molecule has 0 aromatic heterocycles. The van der Waals surface area contributed by atoms with Gasteiger partial charge in [-0.2, -0.15) is 0 Å². The van der Waals surface area contributed by atoms with Gasteiger partial charge in [-0.25, -0.2) is 0 Å². The second kappa shape index (κ2) is 4.42. The van der Waals surface area contributed by atoms with Crippen LogP contribution in [0.5, 0.6) is 0 Å². The summed E-state index contributed by atoms with van der Waals surface area (Å²) in [7, 11) is 0. The van der Waals surface area contributed by atoms with Gasteiger partial charge < -0.3 is 5.32 Å². The third-order valence-electron chi connectivity index (χ3n) is 4.28. The van der Waals surface area contributed by atoms with Gasteiger partial charge in [-0.05, 0) is 31.1 Å². The highest BCUT2D eigenvalue weighted by Crippen LogP contribution is 2.40. The second-order valence-electron chi connectivity index (χ2n) is 6.06. The lowest BCUT2D eigenvalue weighted by Gasteiger charge is -2.40. The average molecular weight is 210 g/mol. The number of piperazine rings is 1. The molecule has 0 bridgehead atoms. The van der Waals surface area contributed by atoms with Crippen LogP contribution in [-0.2, 0) is 0 Å². The van der Waals surface area contributed by atoms with E-state index in [0.29, 0.717) is 5.41 Å². The number of nitrogens with one attached hydrogen (secondary N) is 1. The lowest BCUT2D eigenvalue weighted by molar-refractivity contribution is 0.0993. The molecule has 2 unspecified atom stereocenters. The predicted octanol–water partition coefficient (Wildman–Crippen LogP) is 2.25. The van der Waals surface area contributed by atoms with Crippen molar-refractivity contribution in [3.63, 3.8) is 0 Å². The van der Waals surface area contributed by atoms with Crippen LogP contribution >= 0.6 is 0 Å². The Kier molecular flexibility index (Phi) is 3.36. The molecule has 2 aliphatic rings. The van der Waals surface area contributed by atoms with E-state index in [1.807, 2.05) is 0 Å². The van der Waals surface area contributed by atoms with E-state index in [-0.39, 0.29) is 0 Å². The Balaban J connectivity index is 1.97. The average Bonchev–Trinajstić information content (AvgIpc) is 2.59. The van der Waals surface area contributed by atoms with Crippen molar-refractivity contribution in [1.29, 1.82) is 0 Å². The topological polar surface area (TPSA) is 15.3 Å². The Morgan fingerprint density at radius 3 is 2.80 bits per heavy atom. The molecule has 2 heteroatoms. The summed E-state index contributed by atoms with van der Waals surface area (Å²) in [6.45, 7) is 10.8. The molecule has 0 spiro atoms. The summed E-state index contributed by atoms with van der Waals surface area (Å²) in [5.74, 6) is 0. The predicted molar refractivity (Wildman–Crippen MR) is 65.1 cm³/mol. The van der Waals surface area contributed by atoms with E-state index in [1.165, 1.54) is 45.3 Å². The summed E-state index contributed by atoms with van der Waals surface area (Å²) in [6, 6.07) is 1.66. The lowest BCUT2D eigenvalue weighted by atomic mass is 9.91. The molecule has 0 amide bonds. The van der Waals surface area contributed by atoms with E-state index in [0.717, 1.165) is 12.1 Å². The van der Waals surface area contributed by atoms with Gasteiger partial charge in [0.05, 0.1) is 0 Å². The molecular formula is C13H26N2. The zero-order valence-corrected chi connectivity index (χ0v) is 10.6. The molecule has 1 saturated carbocycles. The molecule has 0 aromatic carbocycles. The maximum absolute atomic E-state index is 3.52. The van der Waals surface area contributed by atoms with Crippen LogP contribution in [0.25, 0.3) is 0 Å². The zero-order chi connectivity index (χ0) is 10.9. The first-order valence-corrected chi connectivity index (χ1v) is 6.59. The largest absolute Gasteiger partial charge is 0.314 e. The number of hydrogen-bond donors (Lipinski definition) is 1. The maximum Gasteiger partial charge on any atom is 0.0221 e. The fourth-order valence-electron chi connectivity index (χ4n) is 3.32. The molecule has 88 valence electrons. The molecule has 2 atom stereocenters. The first-order chi connectivity index (χ1) is 7.12. The third-order valence-corrected chi connectivity index (χ3v) is 4.28. The Morgan fingerprint density at radius 2 is 2.20 bits per heavy atom. The van der Waals surface area contributed by atoms with E-state index >= 15 is 0 Å². The molecule has 15 heavy (non-hydrogen) atoms. The van der Waals surface area contributed by atoms with Crippen molar-refractivity contribution in [3.05, 3.63) is 0 Å². The van der Waals surface area contributed by atoms with E-state index in [4.69, 9.17) is 0 Å². The molecule has 0 aromatic rings. The minimum atomic E-state index is 0.591. The van der Waals surface area contributed by atoms with E-state index in [1.54, 1.807) is 0 Å². The van der Waals surface area contributed by atoms with Crippen molar-refractivity contribution >= 4 is 0 Å². The fraction of sp³-hybridized carbons (Fsp3) is 1.00. The molecule has 2 fully saturated rings. The number of rotatable bonds is 2. The van der Waals surface area contributed by atoms with Gasteiger partial charge in [-0.1, -0.05) is 20.8 Å². The number of hydrogen-bond acceptors (Lipinski definition) is 2. The van der Waals surface area contributed by atoms with Crippen molar-refractivity contribution in [2.45, 2.75) is 58.5 Å². The minimum absolute atomic E-state index is 0.591. The lowest BCUT2D eigenvalue weighted by Crippen LogP contribution is -2.54. The van der Waals surface area contributed by atoms with Crippen molar-refractivity contribution in [2.75, 3.05) is 19.6 Å². The van der Waals surface area contributed by atoms with Crippen molar-refractivity contribution < 1.29 is 0 Å². The van der Waals surface area contributed by atoms with Crippen molar-refractivity contribution in [2.24, 2.45) is 5.41 Å². The summed E-state index contributed by atoms with van der Waals surface area (Å²) in [4.78, 5) is 2.78. The first kappa shape index (κ1) is 11.4. The first-order valence-electron chi connectivity index (χ1n) is 6.59. The molecule has 1 aliphatic heterocycles. The monoisotopic (exact) mass is 210 g/mol. The van der Waals surface area contributed by atoms with E-state index in [2.05, 4.69) is 31.0 Å². The molecule has 0 radical (unpaired) electrons. The van der Waals surface area contributed by atoms with Crippen LogP contribution in [0.2, 0.25) is 0 Å². The van der Waals surface area contributed by atoms with Crippen LogP contribution in [0.3, 0.4) is 0 Å². The van der Waals surface area contributed by atoms with Crippen LogP contribution in [-0.4, -0.2) is 36.6 Å². The highest BCUT2D eigenvalue weighted by atomic mass is 15.2. The fourth-order valence-corrected chi connectivity index (χ4v) is 3.32. The van der Waals surface area contributed by atoms with Crippen LogP contribution in [0.15, 0.2) is 0 Å². The third kappa shape index (κ3) is 2.54. The molecule has 2 rings (SSSR count). The summed E-state index contributed by atoms with van der Waals surface area (Å²) >= 11 is 0. The van der Waals surface area contributed by atoms with Crippen LogP contribution < -0.4 is 5.32 Å². The van der Waals surface area contributed by atoms with Crippen LogP contribution in [0, 0.1) is 5.41 Å². The normalized spacial score (nSPS) is 37.0. The van der Waals surface area contributed by atoms with Gasteiger partial charge in [0, 0.05) is 31.7 Å². The zero-order valence-electron chi connectivity index (χ0n) is 10.6. The number of nitrogens with zero attached hydrogens (tertiary/aromatic N) is 1. The second-order valence-corrected chi connectivity index (χ2v) is 6.06.